The van der Waals surface area contributed by atoms with Crippen LogP contribution >= 0.6 is 0 Å². The summed E-state index contributed by atoms with van der Waals surface area (Å²) in [7, 11) is 0. The highest BCUT2D eigenvalue weighted by Crippen LogP contribution is 2.07. The molecule has 0 aromatic carbocycles. The van der Waals surface area contributed by atoms with Crippen molar-refractivity contribution in [3.8, 4) is 0 Å². The molecule has 0 radical (unpaired) electrons. The van der Waals surface area contributed by atoms with Crippen molar-refractivity contribution >= 4 is 5.78 Å². The molecule has 0 rings (SSSR count). The van der Waals surface area contributed by atoms with Crippen LogP contribution in [0.2, 0.25) is 0 Å². The number of hydrogen-bond acceptors (Lipinski definition) is 3. The SMILES string of the molecule is CC(C)CCNCC(CNCCC(C)C)C(=O)C(C)C. The van der Waals surface area contributed by atoms with Crippen molar-refractivity contribution in [3.63, 3.8) is 0 Å². The van der Waals surface area contributed by atoms with E-state index < -0.39 is 0 Å². The van der Waals surface area contributed by atoms with Crippen LogP contribution in [0, 0.1) is 23.7 Å². The van der Waals surface area contributed by atoms with Gasteiger partial charge in [0.2, 0.25) is 0 Å². The second kappa shape index (κ2) is 11.3. The van der Waals surface area contributed by atoms with Crippen molar-refractivity contribution in [3.05, 3.63) is 0 Å². The summed E-state index contributed by atoms with van der Waals surface area (Å²) in [6, 6.07) is 0. The molecule has 0 amide bonds. The van der Waals surface area contributed by atoms with E-state index in [4.69, 9.17) is 0 Å². The minimum absolute atomic E-state index is 0.106. The summed E-state index contributed by atoms with van der Waals surface area (Å²) in [5.74, 6) is 2.03. The molecule has 0 saturated heterocycles. The second-order valence-electron chi connectivity index (χ2n) is 7.03. The Balaban J connectivity index is 4.04. The van der Waals surface area contributed by atoms with Gasteiger partial charge >= 0.3 is 0 Å². The van der Waals surface area contributed by atoms with E-state index in [1.807, 2.05) is 13.8 Å². The van der Waals surface area contributed by atoms with E-state index >= 15 is 0 Å². The van der Waals surface area contributed by atoms with Gasteiger partial charge in [-0.15, -0.1) is 0 Å². The number of carbonyl (C=O) groups excluding carboxylic acids is 1. The molecule has 2 N–H and O–H groups in total. The number of Topliss-reactive ketones (excluding diaryl/α,β-unsaturated/α-hetero) is 1. The van der Waals surface area contributed by atoms with Crippen molar-refractivity contribution in [2.24, 2.45) is 23.7 Å². The van der Waals surface area contributed by atoms with Crippen molar-refractivity contribution < 1.29 is 4.79 Å². The molecule has 0 spiro atoms. The lowest BCUT2D eigenvalue weighted by atomic mass is 9.94. The Morgan fingerprint density at radius 3 is 1.50 bits per heavy atom. The standard InChI is InChI=1S/C17H36N2O/c1-13(2)7-9-18-11-16(17(20)15(5)6)12-19-10-8-14(3)4/h13-16,18-19H,7-12H2,1-6H3. The first-order valence-corrected chi connectivity index (χ1v) is 8.29. The van der Waals surface area contributed by atoms with Crippen LogP contribution in [0.5, 0.6) is 0 Å². The lowest BCUT2D eigenvalue weighted by Crippen LogP contribution is -2.39. The highest BCUT2D eigenvalue weighted by molar-refractivity contribution is 5.83. The van der Waals surface area contributed by atoms with Crippen LogP contribution in [-0.4, -0.2) is 32.0 Å². The Kier molecular flexibility index (Phi) is 11.0. The van der Waals surface area contributed by atoms with Crippen molar-refractivity contribution in [2.45, 2.75) is 54.4 Å². The summed E-state index contributed by atoms with van der Waals surface area (Å²) in [6.45, 7) is 16.5. The van der Waals surface area contributed by atoms with Crippen LogP contribution < -0.4 is 10.6 Å². The quantitative estimate of drug-likeness (QED) is 0.541. The van der Waals surface area contributed by atoms with Crippen LogP contribution in [-0.2, 0) is 4.79 Å². The smallest absolute Gasteiger partial charge is 0.141 e. The van der Waals surface area contributed by atoms with Gasteiger partial charge in [0, 0.05) is 24.9 Å². The summed E-state index contributed by atoms with van der Waals surface area (Å²) in [5.41, 5.74) is 0. The summed E-state index contributed by atoms with van der Waals surface area (Å²) in [4.78, 5) is 12.2. The van der Waals surface area contributed by atoms with Gasteiger partial charge in [0.15, 0.2) is 0 Å². The summed E-state index contributed by atoms with van der Waals surface area (Å²) < 4.78 is 0. The molecule has 0 bridgehead atoms. The van der Waals surface area contributed by atoms with E-state index in [1.54, 1.807) is 0 Å². The highest BCUT2D eigenvalue weighted by atomic mass is 16.1. The average molecular weight is 284 g/mol. The topological polar surface area (TPSA) is 41.1 Å². The summed E-state index contributed by atoms with van der Waals surface area (Å²) in [5, 5.41) is 6.88. The minimum atomic E-state index is 0.106. The van der Waals surface area contributed by atoms with Gasteiger partial charge in [0.1, 0.15) is 5.78 Å². The number of hydrogen-bond donors (Lipinski definition) is 2. The third kappa shape index (κ3) is 10.4. The van der Waals surface area contributed by atoms with Crippen LogP contribution in [0.3, 0.4) is 0 Å². The molecule has 20 heavy (non-hydrogen) atoms. The number of rotatable bonds is 12. The molecule has 120 valence electrons. The Morgan fingerprint density at radius 2 is 1.20 bits per heavy atom. The van der Waals surface area contributed by atoms with E-state index in [0.717, 1.165) is 26.2 Å². The van der Waals surface area contributed by atoms with E-state index in [-0.39, 0.29) is 11.8 Å². The van der Waals surface area contributed by atoms with Gasteiger partial charge in [-0.1, -0.05) is 41.5 Å². The fraction of sp³-hybridized carbons (Fsp3) is 0.941. The Bertz CT molecular complexity index is 233. The van der Waals surface area contributed by atoms with E-state index in [2.05, 4.69) is 38.3 Å². The third-order valence-electron chi connectivity index (χ3n) is 3.55. The average Bonchev–Trinajstić information content (AvgIpc) is 2.35. The summed E-state index contributed by atoms with van der Waals surface area (Å²) in [6.07, 6.45) is 2.34. The normalized spacial score (nSPS) is 12.1. The molecule has 0 aliphatic heterocycles. The maximum absolute atomic E-state index is 12.2. The molecule has 0 aromatic heterocycles. The van der Waals surface area contributed by atoms with Crippen molar-refractivity contribution in [1.29, 1.82) is 0 Å². The monoisotopic (exact) mass is 284 g/mol. The minimum Gasteiger partial charge on any atom is -0.316 e. The van der Waals surface area contributed by atoms with Crippen LogP contribution in [0.15, 0.2) is 0 Å². The first kappa shape index (κ1) is 19.6. The molecular weight excluding hydrogens is 248 g/mol. The molecule has 0 aromatic rings. The van der Waals surface area contributed by atoms with Crippen molar-refractivity contribution in [2.75, 3.05) is 26.2 Å². The van der Waals surface area contributed by atoms with Crippen LogP contribution in [0.4, 0.5) is 0 Å². The van der Waals surface area contributed by atoms with Gasteiger partial charge in [-0.25, -0.2) is 0 Å². The maximum Gasteiger partial charge on any atom is 0.141 e. The molecule has 3 nitrogen and oxygen atoms in total. The maximum atomic E-state index is 12.2. The fourth-order valence-electron chi connectivity index (χ4n) is 2.08. The Hall–Kier alpha value is -0.410. The first-order chi connectivity index (χ1) is 9.34. The zero-order chi connectivity index (χ0) is 15.5. The van der Waals surface area contributed by atoms with E-state index in [9.17, 15) is 4.79 Å². The second-order valence-corrected chi connectivity index (χ2v) is 7.03. The van der Waals surface area contributed by atoms with Gasteiger partial charge in [-0.2, -0.15) is 0 Å². The predicted octanol–water partition coefficient (Wildman–Crippen LogP) is 3.10. The molecule has 0 atom stereocenters. The fourth-order valence-corrected chi connectivity index (χ4v) is 2.08. The number of carbonyl (C=O) groups is 1. The molecule has 0 saturated carbocycles. The van der Waals surface area contributed by atoms with Gasteiger partial charge in [-0.05, 0) is 37.8 Å². The third-order valence-corrected chi connectivity index (χ3v) is 3.55. The highest BCUT2D eigenvalue weighted by Gasteiger charge is 2.20. The largest absolute Gasteiger partial charge is 0.316 e. The van der Waals surface area contributed by atoms with Crippen LogP contribution in [0.1, 0.15) is 54.4 Å². The zero-order valence-electron chi connectivity index (χ0n) is 14.5. The first-order valence-electron chi connectivity index (χ1n) is 8.29. The molecule has 3 heteroatoms. The van der Waals surface area contributed by atoms with Gasteiger partial charge < -0.3 is 10.6 Å². The Labute approximate surface area is 126 Å². The van der Waals surface area contributed by atoms with Crippen molar-refractivity contribution in [1.82, 2.24) is 10.6 Å². The van der Waals surface area contributed by atoms with E-state index in [1.165, 1.54) is 12.8 Å². The van der Waals surface area contributed by atoms with Gasteiger partial charge in [0.25, 0.3) is 0 Å². The lowest BCUT2D eigenvalue weighted by Gasteiger charge is -2.20. The number of nitrogens with one attached hydrogen (secondary N) is 2. The molecule has 0 aliphatic rings. The molecular formula is C17H36N2O. The predicted molar refractivity (Wildman–Crippen MR) is 88.0 cm³/mol. The van der Waals surface area contributed by atoms with Gasteiger partial charge in [-0.3, -0.25) is 4.79 Å². The van der Waals surface area contributed by atoms with E-state index in [0.29, 0.717) is 17.6 Å². The number of ketones is 1. The van der Waals surface area contributed by atoms with Gasteiger partial charge in [0.05, 0.1) is 0 Å². The summed E-state index contributed by atoms with van der Waals surface area (Å²) >= 11 is 0. The molecule has 0 unspecified atom stereocenters. The molecule has 0 heterocycles. The zero-order valence-corrected chi connectivity index (χ0v) is 14.5. The lowest BCUT2D eigenvalue weighted by molar-refractivity contribution is -0.125. The Morgan fingerprint density at radius 1 is 0.800 bits per heavy atom. The molecule has 0 aliphatic carbocycles. The van der Waals surface area contributed by atoms with Crippen LogP contribution in [0.25, 0.3) is 0 Å². The molecule has 0 fully saturated rings.